The average molecular weight is 218 g/mol. The molecule has 1 unspecified atom stereocenters. The first-order valence-corrected chi connectivity index (χ1v) is 6.34. The van der Waals surface area contributed by atoms with E-state index >= 15 is 0 Å². The van der Waals surface area contributed by atoms with Gasteiger partial charge in [0.2, 0.25) is 0 Å². The van der Waals surface area contributed by atoms with Crippen molar-refractivity contribution in [2.24, 2.45) is 0 Å². The van der Waals surface area contributed by atoms with Crippen LogP contribution in [0.2, 0.25) is 0 Å². The van der Waals surface area contributed by atoms with Gasteiger partial charge in [-0.2, -0.15) is 0 Å². The lowest BCUT2D eigenvalue weighted by Crippen LogP contribution is -2.45. The van der Waals surface area contributed by atoms with Crippen LogP contribution in [0.1, 0.15) is 38.5 Å². The maximum Gasteiger partial charge on any atom is 0.0570 e. The molecule has 2 fully saturated rings. The van der Waals surface area contributed by atoms with Crippen molar-refractivity contribution in [2.75, 3.05) is 12.4 Å². The minimum absolute atomic E-state index is 0.0308. The molecule has 3 atom stereocenters. The lowest BCUT2D eigenvalue weighted by Gasteiger charge is -2.37. The predicted octanol–water partition coefficient (Wildman–Crippen LogP) is 1.99. The molecule has 1 N–H and O–H groups in total. The molecular formula is C11H20ClNO. The second kappa shape index (κ2) is 4.82. The van der Waals surface area contributed by atoms with Crippen LogP contribution in [-0.2, 0) is 0 Å². The highest BCUT2D eigenvalue weighted by Gasteiger charge is 2.39. The maximum atomic E-state index is 9.63. The van der Waals surface area contributed by atoms with Gasteiger partial charge in [-0.1, -0.05) is 0 Å². The first kappa shape index (κ1) is 10.7. The molecule has 2 nitrogen and oxygen atoms in total. The van der Waals surface area contributed by atoms with Crippen LogP contribution >= 0.6 is 11.6 Å². The number of fused-ring (bicyclic) bond motifs is 2. The highest BCUT2D eigenvalue weighted by Crippen LogP contribution is 2.35. The van der Waals surface area contributed by atoms with Gasteiger partial charge in [-0.3, -0.25) is 4.90 Å². The smallest absolute Gasteiger partial charge is 0.0570 e. The lowest BCUT2D eigenvalue weighted by atomic mass is 9.99. The molecule has 0 spiro atoms. The Morgan fingerprint density at radius 3 is 2.36 bits per heavy atom. The molecule has 2 bridgehead atoms. The quantitative estimate of drug-likeness (QED) is 0.575. The summed E-state index contributed by atoms with van der Waals surface area (Å²) in [5.41, 5.74) is 0. The van der Waals surface area contributed by atoms with Gasteiger partial charge >= 0.3 is 0 Å². The molecule has 0 saturated carbocycles. The standard InChI is InChI=1S/C11H20ClNO/c12-5-1-2-6-13-9-3-4-10(13)8-11(14)7-9/h9-11,14H,1-8H2/t9-,10+,11?. The number of alkyl halides is 1. The topological polar surface area (TPSA) is 23.5 Å². The number of piperidine rings is 1. The summed E-state index contributed by atoms with van der Waals surface area (Å²) < 4.78 is 0. The second-order valence-corrected chi connectivity index (χ2v) is 5.02. The Kier molecular flexibility index (Phi) is 3.69. The lowest BCUT2D eigenvalue weighted by molar-refractivity contribution is 0.0349. The van der Waals surface area contributed by atoms with E-state index < -0.39 is 0 Å². The zero-order valence-electron chi connectivity index (χ0n) is 8.66. The van der Waals surface area contributed by atoms with E-state index in [0.717, 1.165) is 25.1 Å². The van der Waals surface area contributed by atoms with Crippen molar-refractivity contribution >= 4 is 11.6 Å². The molecule has 0 aromatic rings. The van der Waals surface area contributed by atoms with Crippen LogP contribution in [0.3, 0.4) is 0 Å². The van der Waals surface area contributed by atoms with Crippen LogP contribution in [0.4, 0.5) is 0 Å². The number of hydrogen-bond donors (Lipinski definition) is 1. The molecule has 2 aliphatic heterocycles. The van der Waals surface area contributed by atoms with E-state index in [1.807, 2.05) is 0 Å². The van der Waals surface area contributed by atoms with Gasteiger partial charge in [0.1, 0.15) is 0 Å². The van der Waals surface area contributed by atoms with E-state index in [2.05, 4.69) is 4.90 Å². The number of rotatable bonds is 4. The van der Waals surface area contributed by atoms with Gasteiger partial charge in [0.25, 0.3) is 0 Å². The Bertz CT molecular complexity index is 174. The number of unbranched alkanes of at least 4 members (excludes halogenated alkanes) is 1. The summed E-state index contributed by atoms with van der Waals surface area (Å²) in [7, 11) is 0. The Morgan fingerprint density at radius 2 is 1.79 bits per heavy atom. The fourth-order valence-electron chi connectivity index (χ4n) is 3.00. The minimum Gasteiger partial charge on any atom is -0.393 e. The van der Waals surface area contributed by atoms with Gasteiger partial charge in [0, 0.05) is 18.0 Å². The van der Waals surface area contributed by atoms with Crippen molar-refractivity contribution in [3.8, 4) is 0 Å². The van der Waals surface area contributed by atoms with Crippen LogP contribution in [-0.4, -0.2) is 40.6 Å². The summed E-state index contributed by atoms with van der Waals surface area (Å²) in [6, 6.07) is 1.33. The first-order chi connectivity index (χ1) is 6.81. The van der Waals surface area contributed by atoms with Gasteiger partial charge in [0.15, 0.2) is 0 Å². The van der Waals surface area contributed by atoms with Crippen LogP contribution in [0.5, 0.6) is 0 Å². The fourth-order valence-corrected chi connectivity index (χ4v) is 3.19. The summed E-state index contributed by atoms with van der Waals surface area (Å²) in [5.74, 6) is 0.784. The summed E-state index contributed by atoms with van der Waals surface area (Å²) in [6.45, 7) is 1.19. The molecule has 2 heterocycles. The monoisotopic (exact) mass is 217 g/mol. The minimum atomic E-state index is -0.0308. The van der Waals surface area contributed by atoms with Crippen LogP contribution in [0.15, 0.2) is 0 Å². The molecule has 0 aliphatic carbocycles. The van der Waals surface area contributed by atoms with E-state index in [0.29, 0.717) is 12.1 Å². The summed E-state index contributed by atoms with van der Waals surface area (Å²) in [6.07, 6.45) is 6.89. The normalized spacial score (nSPS) is 37.7. The van der Waals surface area contributed by atoms with Gasteiger partial charge in [0.05, 0.1) is 6.10 Å². The van der Waals surface area contributed by atoms with E-state index in [-0.39, 0.29) is 6.10 Å². The second-order valence-electron chi connectivity index (χ2n) is 4.64. The van der Waals surface area contributed by atoms with E-state index in [4.69, 9.17) is 11.6 Å². The van der Waals surface area contributed by atoms with Gasteiger partial charge in [-0.25, -0.2) is 0 Å². The molecule has 2 aliphatic rings. The van der Waals surface area contributed by atoms with Crippen molar-refractivity contribution in [3.63, 3.8) is 0 Å². The highest BCUT2D eigenvalue weighted by atomic mass is 35.5. The van der Waals surface area contributed by atoms with Gasteiger partial charge < -0.3 is 5.11 Å². The fraction of sp³-hybridized carbons (Fsp3) is 1.00. The number of aliphatic hydroxyl groups is 1. The molecule has 0 aromatic heterocycles. The van der Waals surface area contributed by atoms with E-state index in [9.17, 15) is 5.11 Å². The number of aliphatic hydroxyl groups excluding tert-OH is 1. The zero-order valence-corrected chi connectivity index (χ0v) is 9.42. The first-order valence-electron chi connectivity index (χ1n) is 5.81. The van der Waals surface area contributed by atoms with Crippen molar-refractivity contribution in [3.05, 3.63) is 0 Å². The van der Waals surface area contributed by atoms with Crippen molar-refractivity contribution in [1.82, 2.24) is 4.90 Å². The maximum absolute atomic E-state index is 9.63. The van der Waals surface area contributed by atoms with Crippen molar-refractivity contribution in [1.29, 1.82) is 0 Å². The molecule has 0 radical (unpaired) electrons. The summed E-state index contributed by atoms with van der Waals surface area (Å²) >= 11 is 5.67. The predicted molar refractivity (Wildman–Crippen MR) is 58.7 cm³/mol. The largest absolute Gasteiger partial charge is 0.393 e. The van der Waals surface area contributed by atoms with Gasteiger partial charge in [-0.15, -0.1) is 11.6 Å². The number of nitrogens with zero attached hydrogens (tertiary/aromatic N) is 1. The summed E-state index contributed by atoms with van der Waals surface area (Å²) in [4.78, 5) is 2.61. The Balaban J connectivity index is 1.82. The molecule has 2 rings (SSSR count). The molecule has 82 valence electrons. The molecule has 0 amide bonds. The van der Waals surface area contributed by atoms with E-state index in [1.54, 1.807) is 0 Å². The van der Waals surface area contributed by atoms with Gasteiger partial charge in [-0.05, 0) is 45.1 Å². The Labute approximate surface area is 91.2 Å². The molecule has 14 heavy (non-hydrogen) atoms. The number of halogens is 1. The van der Waals surface area contributed by atoms with E-state index in [1.165, 1.54) is 25.8 Å². The van der Waals surface area contributed by atoms with Crippen LogP contribution in [0.25, 0.3) is 0 Å². The highest BCUT2D eigenvalue weighted by molar-refractivity contribution is 6.17. The third-order valence-corrected chi connectivity index (χ3v) is 3.93. The van der Waals surface area contributed by atoms with Crippen molar-refractivity contribution < 1.29 is 5.11 Å². The Morgan fingerprint density at radius 1 is 1.14 bits per heavy atom. The summed E-state index contributed by atoms with van der Waals surface area (Å²) in [5, 5.41) is 9.63. The SMILES string of the molecule is OC1C[C@H]2CC[C@@H](C1)N2CCCCCl. The van der Waals surface area contributed by atoms with Crippen LogP contribution < -0.4 is 0 Å². The number of hydrogen-bond acceptors (Lipinski definition) is 2. The Hall–Kier alpha value is 0.210. The molecule has 0 aromatic carbocycles. The van der Waals surface area contributed by atoms with Crippen molar-refractivity contribution in [2.45, 2.75) is 56.7 Å². The molecule has 2 saturated heterocycles. The zero-order chi connectivity index (χ0) is 9.97. The third-order valence-electron chi connectivity index (χ3n) is 3.66. The molecular weight excluding hydrogens is 198 g/mol. The average Bonchev–Trinajstić information content (AvgIpc) is 2.42. The van der Waals surface area contributed by atoms with Crippen LogP contribution in [0, 0.1) is 0 Å². The molecule has 3 heteroatoms. The third kappa shape index (κ3) is 2.23.